The van der Waals surface area contributed by atoms with Crippen LogP contribution in [0, 0.1) is 5.92 Å². The van der Waals surface area contributed by atoms with E-state index in [1.807, 2.05) is 0 Å². The second-order valence-electron chi connectivity index (χ2n) is 3.48. The number of rotatable bonds is 3. The lowest BCUT2D eigenvalue weighted by atomic mass is 10.1. The quantitative estimate of drug-likeness (QED) is 0.764. The van der Waals surface area contributed by atoms with Gasteiger partial charge in [0.15, 0.2) is 0 Å². The van der Waals surface area contributed by atoms with E-state index in [1.165, 1.54) is 23.3 Å². The third kappa shape index (κ3) is 2.80. The summed E-state index contributed by atoms with van der Waals surface area (Å²) < 4.78 is 1.19. The number of hydrogen-bond acceptors (Lipinski definition) is 3. The van der Waals surface area contributed by atoms with Crippen LogP contribution in [0.4, 0.5) is 4.79 Å². The van der Waals surface area contributed by atoms with Gasteiger partial charge in [-0.3, -0.25) is 4.57 Å². The zero-order chi connectivity index (χ0) is 11.4. The SMILES string of the molecule is CC(C)C(NC(=O)n1ccnc1)C(=O)O. The number of aromatic nitrogens is 2. The standard InChI is InChI=1S/C9H13N3O3/c1-6(2)7(8(13)14)11-9(15)12-4-3-10-5-12/h3-7H,1-2H3,(H,11,15)(H,13,14). The number of carbonyl (C=O) groups excluding carboxylic acids is 1. The maximum absolute atomic E-state index is 11.5. The molecule has 1 unspecified atom stereocenters. The Hall–Kier alpha value is -1.85. The van der Waals surface area contributed by atoms with E-state index in [-0.39, 0.29) is 5.92 Å². The van der Waals surface area contributed by atoms with Crippen LogP contribution in [0.1, 0.15) is 13.8 Å². The first-order chi connectivity index (χ1) is 7.02. The molecule has 1 rings (SSSR count). The molecule has 1 heterocycles. The molecule has 0 bridgehead atoms. The number of carbonyl (C=O) groups is 2. The number of amides is 1. The van der Waals surface area contributed by atoms with Crippen molar-refractivity contribution in [2.75, 3.05) is 0 Å². The van der Waals surface area contributed by atoms with Crippen LogP contribution in [0.25, 0.3) is 0 Å². The normalized spacial score (nSPS) is 12.5. The number of nitrogens with zero attached hydrogens (tertiary/aromatic N) is 2. The smallest absolute Gasteiger partial charge is 0.327 e. The highest BCUT2D eigenvalue weighted by Gasteiger charge is 2.23. The minimum Gasteiger partial charge on any atom is -0.480 e. The molecule has 0 aliphatic rings. The second-order valence-corrected chi connectivity index (χ2v) is 3.48. The Balaban J connectivity index is 2.67. The highest BCUT2D eigenvalue weighted by atomic mass is 16.4. The minimum absolute atomic E-state index is 0.171. The molecule has 0 aliphatic carbocycles. The predicted octanol–water partition coefficient (Wildman–Crippen LogP) is 0.550. The lowest BCUT2D eigenvalue weighted by Gasteiger charge is -2.17. The molecule has 82 valence electrons. The van der Waals surface area contributed by atoms with Gasteiger partial charge in [0.2, 0.25) is 0 Å². The molecule has 1 aromatic heterocycles. The van der Waals surface area contributed by atoms with Crippen LogP contribution < -0.4 is 5.32 Å². The molecular formula is C9H13N3O3. The average molecular weight is 211 g/mol. The Morgan fingerprint density at radius 1 is 1.47 bits per heavy atom. The van der Waals surface area contributed by atoms with Crippen molar-refractivity contribution in [2.24, 2.45) is 5.92 Å². The maximum atomic E-state index is 11.5. The molecule has 6 heteroatoms. The van der Waals surface area contributed by atoms with Crippen molar-refractivity contribution in [1.82, 2.24) is 14.9 Å². The Labute approximate surface area is 86.9 Å². The zero-order valence-electron chi connectivity index (χ0n) is 8.54. The fraction of sp³-hybridized carbons (Fsp3) is 0.444. The zero-order valence-corrected chi connectivity index (χ0v) is 8.54. The van der Waals surface area contributed by atoms with E-state index in [1.54, 1.807) is 13.8 Å². The van der Waals surface area contributed by atoms with Crippen molar-refractivity contribution in [2.45, 2.75) is 19.9 Å². The third-order valence-corrected chi connectivity index (χ3v) is 1.95. The molecule has 0 spiro atoms. The van der Waals surface area contributed by atoms with Gasteiger partial charge in [-0.25, -0.2) is 14.6 Å². The van der Waals surface area contributed by atoms with Gasteiger partial charge in [0.25, 0.3) is 0 Å². The van der Waals surface area contributed by atoms with Crippen molar-refractivity contribution in [3.63, 3.8) is 0 Å². The maximum Gasteiger partial charge on any atom is 0.327 e. The highest BCUT2D eigenvalue weighted by molar-refractivity contribution is 5.83. The van der Waals surface area contributed by atoms with Crippen molar-refractivity contribution < 1.29 is 14.7 Å². The summed E-state index contributed by atoms with van der Waals surface area (Å²) in [7, 11) is 0. The summed E-state index contributed by atoms with van der Waals surface area (Å²) in [6.07, 6.45) is 4.22. The largest absolute Gasteiger partial charge is 0.480 e. The summed E-state index contributed by atoms with van der Waals surface area (Å²) >= 11 is 0. The van der Waals surface area contributed by atoms with E-state index >= 15 is 0 Å². The summed E-state index contributed by atoms with van der Waals surface area (Å²) in [5.41, 5.74) is 0. The van der Waals surface area contributed by atoms with Crippen LogP contribution in [0.2, 0.25) is 0 Å². The number of hydrogen-bond donors (Lipinski definition) is 2. The van der Waals surface area contributed by atoms with Gasteiger partial charge in [-0.1, -0.05) is 13.8 Å². The fourth-order valence-corrected chi connectivity index (χ4v) is 1.10. The molecule has 6 nitrogen and oxygen atoms in total. The third-order valence-electron chi connectivity index (χ3n) is 1.95. The predicted molar refractivity (Wildman–Crippen MR) is 52.4 cm³/mol. The monoisotopic (exact) mass is 211 g/mol. The van der Waals surface area contributed by atoms with Gasteiger partial charge >= 0.3 is 12.0 Å². The first-order valence-corrected chi connectivity index (χ1v) is 4.54. The van der Waals surface area contributed by atoms with Crippen molar-refractivity contribution >= 4 is 12.0 Å². The van der Waals surface area contributed by atoms with Gasteiger partial charge in [0, 0.05) is 12.4 Å². The summed E-state index contributed by atoms with van der Waals surface area (Å²) in [4.78, 5) is 26.0. The molecule has 0 radical (unpaired) electrons. The van der Waals surface area contributed by atoms with Gasteiger partial charge in [0.05, 0.1) is 0 Å². The van der Waals surface area contributed by atoms with Gasteiger partial charge in [-0.2, -0.15) is 0 Å². The number of nitrogens with one attached hydrogen (secondary N) is 1. The summed E-state index contributed by atoms with van der Waals surface area (Å²) in [6.45, 7) is 3.46. The molecule has 0 fully saturated rings. The second kappa shape index (κ2) is 4.59. The lowest BCUT2D eigenvalue weighted by molar-refractivity contribution is -0.140. The molecule has 15 heavy (non-hydrogen) atoms. The van der Waals surface area contributed by atoms with Gasteiger partial charge in [0.1, 0.15) is 12.4 Å². The van der Waals surface area contributed by atoms with Crippen molar-refractivity contribution in [3.8, 4) is 0 Å². The topological polar surface area (TPSA) is 84.2 Å². The summed E-state index contributed by atoms with van der Waals surface area (Å²) in [5, 5.41) is 11.3. The molecule has 0 saturated heterocycles. The highest BCUT2D eigenvalue weighted by Crippen LogP contribution is 2.02. The first-order valence-electron chi connectivity index (χ1n) is 4.54. The van der Waals surface area contributed by atoms with Crippen LogP contribution in [-0.2, 0) is 4.79 Å². The van der Waals surface area contributed by atoms with Gasteiger partial charge in [-0.05, 0) is 5.92 Å². The number of carboxylic acid groups (broad SMARTS) is 1. The fourth-order valence-electron chi connectivity index (χ4n) is 1.10. The Morgan fingerprint density at radius 3 is 2.53 bits per heavy atom. The van der Waals surface area contributed by atoms with Crippen LogP contribution in [0.5, 0.6) is 0 Å². The van der Waals surface area contributed by atoms with Gasteiger partial charge in [-0.15, -0.1) is 0 Å². The van der Waals surface area contributed by atoms with Crippen LogP contribution in [0.15, 0.2) is 18.7 Å². The Bertz CT molecular complexity index is 345. The van der Waals surface area contributed by atoms with Crippen molar-refractivity contribution in [1.29, 1.82) is 0 Å². The Morgan fingerprint density at radius 2 is 2.13 bits per heavy atom. The lowest BCUT2D eigenvalue weighted by Crippen LogP contribution is -2.45. The van der Waals surface area contributed by atoms with E-state index in [0.717, 1.165) is 0 Å². The molecule has 1 atom stereocenters. The van der Waals surface area contributed by atoms with E-state index in [0.29, 0.717) is 0 Å². The molecule has 1 aromatic rings. The van der Waals surface area contributed by atoms with Crippen LogP contribution >= 0.6 is 0 Å². The van der Waals surface area contributed by atoms with Gasteiger partial charge < -0.3 is 10.4 Å². The van der Waals surface area contributed by atoms with Crippen LogP contribution in [-0.4, -0.2) is 32.7 Å². The Kier molecular flexibility index (Phi) is 3.43. The first kappa shape index (κ1) is 11.2. The van der Waals surface area contributed by atoms with Crippen LogP contribution in [0.3, 0.4) is 0 Å². The number of imidazole rings is 1. The molecule has 0 saturated carbocycles. The average Bonchev–Trinajstić information content (AvgIpc) is 2.65. The van der Waals surface area contributed by atoms with E-state index in [4.69, 9.17) is 5.11 Å². The van der Waals surface area contributed by atoms with E-state index in [9.17, 15) is 9.59 Å². The molecule has 0 aliphatic heterocycles. The number of carboxylic acids is 1. The number of aliphatic carboxylic acids is 1. The van der Waals surface area contributed by atoms with E-state index < -0.39 is 18.0 Å². The molecule has 2 N–H and O–H groups in total. The minimum atomic E-state index is -1.04. The van der Waals surface area contributed by atoms with E-state index in [2.05, 4.69) is 10.3 Å². The summed E-state index contributed by atoms with van der Waals surface area (Å²) in [6, 6.07) is -1.38. The molecular weight excluding hydrogens is 198 g/mol. The summed E-state index contributed by atoms with van der Waals surface area (Å²) in [5.74, 6) is -1.21. The molecule has 0 aromatic carbocycles. The van der Waals surface area contributed by atoms with Crippen molar-refractivity contribution in [3.05, 3.63) is 18.7 Å². The molecule has 1 amide bonds.